The molecule has 35 heavy (non-hydrogen) atoms. The highest BCUT2D eigenvalue weighted by atomic mass is 32.1. The van der Waals surface area contributed by atoms with Crippen molar-refractivity contribution in [3.05, 3.63) is 66.7 Å². The zero-order valence-electron chi connectivity index (χ0n) is 19.5. The van der Waals surface area contributed by atoms with Gasteiger partial charge in [0.05, 0.1) is 33.5 Å². The normalized spacial score (nSPS) is 14.6. The molecule has 0 aliphatic carbocycles. The fourth-order valence-electron chi connectivity index (χ4n) is 4.82. The number of hydrogen-bond donors (Lipinski definition) is 1. The fraction of sp³-hybridized carbons (Fsp3) is 0.250. The first-order valence-corrected chi connectivity index (χ1v) is 12.9. The molecule has 3 heterocycles. The topological polar surface area (TPSA) is 67.3 Å². The van der Waals surface area contributed by atoms with Crippen LogP contribution >= 0.6 is 11.3 Å². The third kappa shape index (κ3) is 4.17. The molecule has 0 atom stereocenters. The van der Waals surface area contributed by atoms with Gasteiger partial charge >= 0.3 is 0 Å². The number of carbonyl (C=O) groups excluding carboxylic acids is 1. The average molecular weight is 483 g/mol. The van der Waals surface area contributed by atoms with Gasteiger partial charge in [-0.05, 0) is 50.1 Å². The van der Waals surface area contributed by atoms with E-state index in [-0.39, 0.29) is 11.8 Å². The van der Waals surface area contributed by atoms with Crippen LogP contribution in [0.4, 0.5) is 10.8 Å². The average Bonchev–Trinajstić information content (AvgIpc) is 3.32. The highest BCUT2D eigenvalue weighted by molar-refractivity contribution is 7.22. The molecule has 6 nitrogen and oxygen atoms in total. The van der Waals surface area contributed by atoms with Gasteiger partial charge in [0.1, 0.15) is 5.75 Å². The smallest absolute Gasteiger partial charge is 0.227 e. The fourth-order valence-corrected chi connectivity index (χ4v) is 5.86. The molecule has 1 fully saturated rings. The van der Waals surface area contributed by atoms with Crippen molar-refractivity contribution in [2.75, 3.05) is 29.9 Å². The number of pyridine rings is 1. The summed E-state index contributed by atoms with van der Waals surface area (Å²) in [6, 6.07) is 22.0. The number of aromatic nitrogens is 2. The van der Waals surface area contributed by atoms with Crippen molar-refractivity contribution in [2.45, 2.75) is 19.8 Å². The zero-order chi connectivity index (χ0) is 23.8. The number of nitrogens with one attached hydrogen (secondary N) is 1. The number of nitrogens with zero attached hydrogens (tertiary/aromatic N) is 3. The molecule has 0 bridgehead atoms. The number of hydrogen-bond acceptors (Lipinski definition) is 6. The van der Waals surface area contributed by atoms with Crippen molar-refractivity contribution in [3.63, 3.8) is 0 Å². The predicted octanol–water partition coefficient (Wildman–Crippen LogP) is 6.25. The van der Waals surface area contributed by atoms with E-state index in [4.69, 9.17) is 14.7 Å². The first kappa shape index (κ1) is 21.8. The van der Waals surface area contributed by atoms with Crippen molar-refractivity contribution in [1.82, 2.24) is 9.97 Å². The molecule has 0 radical (unpaired) electrons. The molecule has 3 aromatic carbocycles. The van der Waals surface area contributed by atoms with Gasteiger partial charge in [-0.15, -0.1) is 0 Å². The largest absolute Gasteiger partial charge is 0.494 e. The van der Waals surface area contributed by atoms with Crippen LogP contribution in [0.1, 0.15) is 19.8 Å². The SMILES string of the molecule is CCOc1ccc2nc(N3CCC(C(=O)Nc4c5ccccc5nc5ccccc45)CC3)sc2c1. The van der Waals surface area contributed by atoms with Crippen molar-refractivity contribution in [1.29, 1.82) is 0 Å². The Kier molecular flexibility index (Phi) is 5.70. The summed E-state index contributed by atoms with van der Waals surface area (Å²) in [7, 11) is 0. The Bertz CT molecular complexity index is 1480. The van der Waals surface area contributed by atoms with Crippen LogP contribution in [0.15, 0.2) is 66.7 Å². The van der Waals surface area contributed by atoms with Crippen LogP contribution in [0.2, 0.25) is 0 Å². The molecular weight excluding hydrogens is 456 g/mol. The molecule has 1 saturated heterocycles. The summed E-state index contributed by atoms with van der Waals surface area (Å²) in [5, 5.41) is 6.22. The number of para-hydroxylation sites is 2. The molecule has 7 heteroatoms. The summed E-state index contributed by atoms with van der Waals surface area (Å²) in [5.74, 6) is 0.925. The molecule has 176 valence electrons. The van der Waals surface area contributed by atoms with Gasteiger partial charge in [0.25, 0.3) is 0 Å². The van der Waals surface area contributed by atoms with E-state index in [0.717, 1.165) is 74.5 Å². The molecule has 2 aromatic heterocycles. The second-order valence-electron chi connectivity index (χ2n) is 8.83. The Hall–Kier alpha value is -3.71. The first-order chi connectivity index (χ1) is 17.2. The van der Waals surface area contributed by atoms with E-state index in [2.05, 4.69) is 16.3 Å². The molecule has 6 rings (SSSR count). The highest BCUT2D eigenvalue weighted by Crippen LogP contribution is 2.35. The van der Waals surface area contributed by atoms with Gasteiger partial charge in [-0.1, -0.05) is 47.7 Å². The van der Waals surface area contributed by atoms with Crippen molar-refractivity contribution < 1.29 is 9.53 Å². The van der Waals surface area contributed by atoms with Gasteiger partial charge < -0.3 is 15.0 Å². The van der Waals surface area contributed by atoms with Crippen molar-refractivity contribution >= 4 is 60.1 Å². The zero-order valence-corrected chi connectivity index (χ0v) is 20.3. The minimum atomic E-state index is -0.0316. The van der Waals surface area contributed by atoms with E-state index < -0.39 is 0 Å². The maximum absolute atomic E-state index is 13.4. The number of anilines is 2. The Morgan fingerprint density at radius 1 is 0.971 bits per heavy atom. The second kappa shape index (κ2) is 9.15. The van der Waals surface area contributed by atoms with E-state index in [0.29, 0.717) is 6.61 Å². The van der Waals surface area contributed by atoms with Gasteiger partial charge in [0.2, 0.25) is 5.91 Å². The molecule has 0 unspecified atom stereocenters. The standard InChI is InChI=1S/C28H26N4O2S/c1-2-34-19-11-12-24-25(17-19)35-28(30-24)32-15-13-18(14-16-32)27(33)31-26-20-7-3-5-9-22(20)29-23-10-6-4-8-21(23)26/h3-12,17-18H,2,13-16H2,1H3,(H,29,31,33). The molecule has 1 N–H and O–H groups in total. The van der Waals surface area contributed by atoms with E-state index in [1.54, 1.807) is 11.3 Å². The lowest BCUT2D eigenvalue weighted by atomic mass is 9.95. The van der Waals surface area contributed by atoms with Gasteiger partial charge in [0, 0.05) is 29.8 Å². The Labute approximate surface area is 207 Å². The number of piperidine rings is 1. The van der Waals surface area contributed by atoms with Crippen LogP contribution in [-0.2, 0) is 4.79 Å². The lowest BCUT2D eigenvalue weighted by Crippen LogP contribution is -2.38. The number of fused-ring (bicyclic) bond motifs is 3. The van der Waals surface area contributed by atoms with Gasteiger partial charge in [0.15, 0.2) is 5.13 Å². The number of rotatable bonds is 5. The molecular formula is C28H26N4O2S. The Morgan fingerprint density at radius 2 is 1.66 bits per heavy atom. The van der Waals surface area contributed by atoms with Crippen molar-refractivity contribution in [2.24, 2.45) is 5.92 Å². The van der Waals surface area contributed by atoms with E-state index in [1.165, 1.54) is 0 Å². The summed E-state index contributed by atoms with van der Waals surface area (Å²) >= 11 is 1.69. The van der Waals surface area contributed by atoms with E-state index in [9.17, 15) is 4.79 Å². The number of benzene rings is 3. The summed E-state index contributed by atoms with van der Waals surface area (Å²) in [6.07, 6.45) is 1.60. The van der Waals surface area contributed by atoms with Crippen LogP contribution in [0, 0.1) is 5.92 Å². The third-order valence-electron chi connectivity index (χ3n) is 6.63. The Balaban J connectivity index is 1.19. The van der Waals surface area contributed by atoms with E-state index in [1.807, 2.05) is 67.6 Å². The summed E-state index contributed by atoms with van der Waals surface area (Å²) in [5.41, 5.74) is 3.62. The minimum Gasteiger partial charge on any atom is -0.494 e. The predicted molar refractivity (Wildman–Crippen MR) is 144 cm³/mol. The molecule has 1 aliphatic heterocycles. The number of ether oxygens (including phenoxy) is 1. The van der Waals surface area contributed by atoms with Crippen molar-refractivity contribution in [3.8, 4) is 5.75 Å². The Morgan fingerprint density at radius 3 is 2.34 bits per heavy atom. The summed E-state index contributed by atoms with van der Waals surface area (Å²) < 4.78 is 6.76. The molecule has 0 spiro atoms. The second-order valence-corrected chi connectivity index (χ2v) is 9.84. The maximum atomic E-state index is 13.4. The van der Waals surface area contributed by atoms with Crippen LogP contribution in [0.25, 0.3) is 32.0 Å². The lowest BCUT2D eigenvalue weighted by Gasteiger charge is -2.31. The number of amides is 1. The lowest BCUT2D eigenvalue weighted by molar-refractivity contribution is -0.120. The van der Waals surface area contributed by atoms with Crippen LogP contribution < -0.4 is 15.0 Å². The molecule has 1 amide bonds. The summed E-state index contributed by atoms with van der Waals surface area (Å²) in [6.45, 7) is 4.27. The monoisotopic (exact) mass is 482 g/mol. The van der Waals surface area contributed by atoms with Gasteiger partial charge in [-0.3, -0.25) is 4.79 Å². The number of thiazole rings is 1. The number of carbonyl (C=O) groups is 1. The van der Waals surface area contributed by atoms with E-state index >= 15 is 0 Å². The van der Waals surface area contributed by atoms with Crippen LogP contribution in [0.5, 0.6) is 5.75 Å². The maximum Gasteiger partial charge on any atom is 0.227 e. The van der Waals surface area contributed by atoms with Gasteiger partial charge in [-0.25, -0.2) is 9.97 Å². The molecule has 1 aliphatic rings. The quantitative estimate of drug-likeness (QED) is 0.300. The minimum absolute atomic E-state index is 0.0316. The van der Waals surface area contributed by atoms with Crippen LogP contribution in [-0.4, -0.2) is 35.6 Å². The first-order valence-electron chi connectivity index (χ1n) is 12.1. The third-order valence-corrected chi connectivity index (χ3v) is 7.71. The van der Waals surface area contributed by atoms with Crippen LogP contribution in [0.3, 0.4) is 0 Å². The summed E-state index contributed by atoms with van der Waals surface area (Å²) in [4.78, 5) is 25.2. The molecule has 5 aromatic rings. The van der Waals surface area contributed by atoms with Gasteiger partial charge in [-0.2, -0.15) is 0 Å². The molecule has 0 saturated carbocycles. The highest BCUT2D eigenvalue weighted by Gasteiger charge is 2.27.